The summed E-state index contributed by atoms with van der Waals surface area (Å²) in [5, 5.41) is 5.41. The van der Waals surface area contributed by atoms with E-state index in [-0.39, 0.29) is 27.8 Å². The van der Waals surface area contributed by atoms with E-state index < -0.39 is 30.4 Å². The van der Waals surface area contributed by atoms with Crippen LogP contribution in [0.2, 0.25) is 10.0 Å². The fourth-order valence-corrected chi connectivity index (χ4v) is 4.61. The van der Waals surface area contributed by atoms with Gasteiger partial charge in [-0.25, -0.2) is 9.69 Å². The second-order valence-corrected chi connectivity index (χ2v) is 10.3. The minimum absolute atomic E-state index is 0.0476. The predicted molar refractivity (Wildman–Crippen MR) is 166 cm³/mol. The molecule has 1 fully saturated rings. The van der Waals surface area contributed by atoms with E-state index in [9.17, 15) is 19.2 Å². The molecule has 13 heteroatoms. The number of aryl methyl sites for hydroxylation is 1. The van der Waals surface area contributed by atoms with Gasteiger partial charge in [0.1, 0.15) is 5.57 Å². The summed E-state index contributed by atoms with van der Waals surface area (Å²) in [6, 6.07) is 11.6. The van der Waals surface area contributed by atoms with Crippen LogP contribution >= 0.6 is 23.2 Å². The van der Waals surface area contributed by atoms with E-state index in [1.165, 1.54) is 44.6 Å². The topological polar surface area (TPSA) is 132 Å². The molecule has 5 amide bonds. The number of nitrogens with zero attached hydrogens (tertiary/aromatic N) is 1. The lowest BCUT2D eigenvalue weighted by molar-refractivity contribution is -0.122. The van der Waals surface area contributed by atoms with Crippen LogP contribution in [0.1, 0.15) is 24.5 Å². The second kappa shape index (κ2) is 14.2. The normalized spacial score (nSPS) is 13.9. The second-order valence-electron chi connectivity index (χ2n) is 9.48. The Bertz CT molecular complexity index is 1660. The summed E-state index contributed by atoms with van der Waals surface area (Å²) in [6.45, 7) is 3.85. The van der Waals surface area contributed by atoms with Crippen LogP contribution in [-0.2, 0) is 14.4 Å². The molecule has 2 N–H and O–H groups in total. The molecular formula is C31H29Cl2N3O8. The number of halogens is 2. The first-order valence-corrected chi connectivity index (χ1v) is 14.1. The zero-order chi connectivity index (χ0) is 32.0. The Morgan fingerprint density at radius 1 is 0.932 bits per heavy atom. The Kier molecular flexibility index (Phi) is 10.4. The molecule has 0 saturated carbocycles. The maximum Gasteiger partial charge on any atom is 0.335 e. The number of anilines is 2. The summed E-state index contributed by atoms with van der Waals surface area (Å²) in [6.07, 6.45) is 2.04. The molecule has 0 bridgehead atoms. The Labute approximate surface area is 263 Å². The number of rotatable bonds is 11. The minimum Gasteiger partial charge on any atom is -0.493 e. The van der Waals surface area contributed by atoms with Crippen LogP contribution in [0.15, 0.2) is 54.1 Å². The molecule has 0 spiro atoms. The van der Waals surface area contributed by atoms with E-state index in [0.717, 1.165) is 16.9 Å². The molecule has 3 aromatic carbocycles. The first-order valence-electron chi connectivity index (χ1n) is 13.3. The number of ether oxygens (including phenoxy) is 4. The largest absolute Gasteiger partial charge is 0.493 e. The summed E-state index contributed by atoms with van der Waals surface area (Å²) in [4.78, 5) is 52.2. The third-order valence-electron chi connectivity index (χ3n) is 6.33. The van der Waals surface area contributed by atoms with Crippen LogP contribution in [0, 0.1) is 6.92 Å². The molecule has 1 heterocycles. The third kappa shape index (κ3) is 7.24. The van der Waals surface area contributed by atoms with Crippen molar-refractivity contribution in [2.45, 2.75) is 20.3 Å². The highest BCUT2D eigenvalue weighted by Crippen LogP contribution is 2.38. The van der Waals surface area contributed by atoms with Gasteiger partial charge in [-0.2, -0.15) is 0 Å². The number of urea groups is 1. The van der Waals surface area contributed by atoms with Gasteiger partial charge in [0.15, 0.2) is 29.6 Å². The van der Waals surface area contributed by atoms with Gasteiger partial charge < -0.3 is 24.3 Å². The number of hydrogen-bond donors (Lipinski definition) is 2. The summed E-state index contributed by atoms with van der Waals surface area (Å²) in [7, 11) is 2.80. The standard InChI is InChI=1S/C31H29Cl2N3O8/c1-5-10-43-24-9-8-20(15-25(24)41-3)36-30(39)21(29(38)35-31(36)40)11-18-12-23(33)28(26(13-18)42-4)44-16-27(37)34-19-7-6-17(2)22(32)14-19/h6-9,11-15H,5,10,16H2,1-4H3,(H,34,37)(H,35,38,40)/b21-11-. The van der Waals surface area contributed by atoms with Gasteiger partial charge in [-0.15, -0.1) is 0 Å². The molecule has 1 saturated heterocycles. The lowest BCUT2D eigenvalue weighted by atomic mass is 10.1. The molecule has 3 aromatic rings. The van der Waals surface area contributed by atoms with Crippen molar-refractivity contribution in [1.29, 1.82) is 0 Å². The summed E-state index contributed by atoms with van der Waals surface area (Å²) >= 11 is 12.6. The molecule has 230 valence electrons. The molecular weight excluding hydrogens is 613 g/mol. The number of imide groups is 2. The van der Waals surface area contributed by atoms with Crippen LogP contribution in [0.25, 0.3) is 6.08 Å². The lowest BCUT2D eigenvalue weighted by Gasteiger charge is -2.27. The van der Waals surface area contributed by atoms with Gasteiger partial charge in [-0.1, -0.05) is 36.2 Å². The average Bonchev–Trinajstić information content (AvgIpc) is 2.99. The summed E-state index contributed by atoms with van der Waals surface area (Å²) in [5.41, 5.74) is 1.49. The smallest absolute Gasteiger partial charge is 0.335 e. The van der Waals surface area contributed by atoms with Gasteiger partial charge in [0.25, 0.3) is 17.7 Å². The van der Waals surface area contributed by atoms with Gasteiger partial charge in [0.05, 0.1) is 31.5 Å². The molecule has 4 rings (SSSR count). The van der Waals surface area contributed by atoms with Crippen LogP contribution in [0.4, 0.5) is 16.2 Å². The number of nitrogens with one attached hydrogen (secondary N) is 2. The molecule has 1 aliphatic rings. The number of barbiturate groups is 1. The van der Waals surface area contributed by atoms with E-state index >= 15 is 0 Å². The predicted octanol–water partition coefficient (Wildman–Crippen LogP) is 5.79. The van der Waals surface area contributed by atoms with Crippen molar-refractivity contribution in [3.8, 4) is 23.0 Å². The van der Waals surface area contributed by atoms with Gasteiger partial charge in [0, 0.05) is 16.8 Å². The van der Waals surface area contributed by atoms with Gasteiger partial charge in [-0.05, 0) is 66.9 Å². The fraction of sp³-hybridized carbons (Fsp3) is 0.226. The van der Waals surface area contributed by atoms with Gasteiger partial charge >= 0.3 is 6.03 Å². The number of amides is 5. The maximum absolute atomic E-state index is 13.4. The van der Waals surface area contributed by atoms with E-state index in [0.29, 0.717) is 34.4 Å². The van der Waals surface area contributed by atoms with E-state index in [1.54, 1.807) is 24.3 Å². The van der Waals surface area contributed by atoms with Crippen molar-refractivity contribution >= 4 is 64.4 Å². The van der Waals surface area contributed by atoms with E-state index in [1.807, 2.05) is 13.8 Å². The van der Waals surface area contributed by atoms with Crippen LogP contribution in [0.5, 0.6) is 23.0 Å². The highest BCUT2D eigenvalue weighted by atomic mass is 35.5. The Balaban J connectivity index is 1.56. The van der Waals surface area contributed by atoms with Crippen LogP contribution < -0.4 is 34.5 Å². The van der Waals surface area contributed by atoms with Crippen molar-refractivity contribution in [2.75, 3.05) is 37.7 Å². The monoisotopic (exact) mass is 641 g/mol. The van der Waals surface area contributed by atoms with E-state index in [2.05, 4.69) is 10.6 Å². The van der Waals surface area contributed by atoms with Gasteiger partial charge in [0.2, 0.25) is 0 Å². The molecule has 0 unspecified atom stereocenters. The molecule has 0 atom stereocenters. The van der Waals surface area contributed by atoms with Crippen LogP contribution in [0.3, 0.4) is 0 Å². The zero-order valence-electron chi connectivity index (χ0n) is 24.3. The Morgan fingerprint density at radius 3 is 2.36 bits per heavy atom. The Hall–Kier alpha value is -4.74. The van der Waals surface area contributed by atoms with Crippen molar-refractivity contribution in [3.05, 3.63) is 75.3 Å². The quantitative estimate of drug-likeness (QED) is 0.199. The number of methoxy groups -OCH3 is 2. The lowest BCUT2D eigenvalue weighted by Crippen LogP contribution is -2.54. The summed E-state index contributed by atoms with van der Waals surface area (Å²) in [5.74, 6) is -1.27. The number of carbonyl (C=O) groups excluding carboxylic acids is 4. The SMILES string of the molecule is CCCOc1ccc(N2C(=O)NC(=O)/C(=C/c3cc(Cl)c(OCC(=O)Nc4ccc(C)c(Cl)c4)c(OC)c3)C2=O)cc1OC. The first-order chi connectivity index (χ1) is 21.1. The van der Waals surface area contributed by atoms with Crippen molar-refractivity contribution in [2.24, 2.45) is 0 Å². The zero-order valence-corrected chi connectivity index (χ0v) is 25.8. The van der Waals surface area contributed by atoms with Gasteiger partial charge in [-0.3, -0.25) is 19.7 Å². The van der Waals surface area contributed by atoms with Crippen molar-refractivity contribution in [3.63, 3.8) is 0 Å². The molecule has 11 nitrogen and oxygen atoms in total. The molecule has 1 aliphatic heterocycles. The number of carbonyl (C=O) groups is 4. The third-order valence-corrected chi connectivity index (χ3v) is 7.02. The van der Waals surface area contributed by atoms with Crippen molar-refractivity contribution in [1.82, 2.24) is 5.32 Å². The first kappa shape index (κ1) is 32.2. The summed E-state index contributed by atoms with van der Waals surface area (Å²) < 4.78 is 22.0. The highest BCUT2D eigenvalue weighted by molar-refractivity contribution is 6.39. The number of benzene rings is 3. The number of hydrogen-bond acceptors (Lipinski definition) is 8. The molecule has 0 aliphatic carbocycles. The van der Waals surface area contributed by atoms with E-state index in [4.69, 9.17) is 42.1 Å². The van der Waals surface area contributed by atoms with Crippen LogP contribution in [-0.4, -0.2) is 51.2 Å². The molecule has 0 aromatic heterocycles. The maximum atomic E-state index is 13.4. The minimum atomic E-state index is -0.924. The average molecular weight is 642 g/mol. The molecule has 44 heavy (non-hydrogen) atoms. The Morgan fingerprint density at radius 2 is 1.68 bits per heavy atom. The highest BCUT2D eigenvalue weighted by Gasteiger charge is 2.37. The van der Waals surface area contributed by atoms with Crippen molar-refractivity contribution < 1.29 is 38.1 Å². The fourth-order valence-electron chi connectivity index (χ4n) is 4.15. The molecule has 0 radical (unpaired) electrons.